The van der Waals surface area contributed by atoms with Crippen molar-refractivity contribution < 1.29 is 0 Å². The number of benzene rings is 2. The Labute approximate surface area is 121 Å². The van der Waals surface area contributed by atoms with Gasteiger partial charge in [-0.1, -0.05) is 61.0 Å². The number of hydrogen-bond donors (Lipinski definition) is 1. The first-order valence-corrected chi connectivity index (χ1v) is 6.75. The van der Waals surface area contributed by atoms with E-state index in [1.54, 1.807) is 0 Å². The summed E-state index contributed by atoms with van der Waals surface area (Å²) in [6, 6.07) is 19.4. The summed E-state index contributed by atoms with van der Waals surface area (Å²) in [5, 5.41) is 0. The van der Waals surface area contributed by atoms with Gasteiger partial charge in [0.05, 0.1) is 0 Å². The third-order valence-electron chi connectivity index (χ3n) is 4.06. The van der Waals surface area contributed by atoms with Crippen LogP contribution in [0.1, 0.15) is 30.9 Å². The SMILES string of the molecule is Cl.N[C@H](c1ccc(-c2ccccc2)cc1)C1CCC1. The lowest BCUT2D eigenvalue weighted by Gasteiger charge is -2.31. The summed E-state index contributed by atoms with van der Waals surface area (Å²) in [4.78, 5) is 0. The van der Waals surface area contributed by atoms with Crippen LogP contribution >= 0.6 is 12.4 Å². The molecule has 1 saturated carbocycles. The molecule has 2 aromatic carbocycles. The molecule has 2 aromatic rings. The summed E-state index contributed by atoms with van der Waals surface area (Å²) in [5.41, 5.74) is 10.1. The van der Waals surface area contributed by atoms with E-state index in [4.69, 9.17) is 5.73 Å². The fourth-order valence-electron chi connectivity index (χ4n) is 2.60. The largest absolute Gasteiger partial charge is 0.324 e. The van der Waals surface area contributed by atoms with Crippen LogP contribution in [0.2, 0.25) is 0 Å². The van der Waals surface area contributed by atoms with Gasteiger partial charge in [0.25, 0.3) is 0 Å². The van der Waals surface area contributed by atoms with Gasteiger partial charge in [0.2, 0.25) is 0 Å². The van der Waals surface area contributed by atoms with Gasteiger partial charge in [0.15, 0.2) is 0 Å². The average molecular weight is 274 g/mol. The molecule has 0 heterocycles. The molecule has 0 bridgehead atoms. The van der Waals surface area contributed by atoms with Gasteiger partial charge >= 0.3 is 0 Å². The van der Waals surface area contributed by atoms with E-state index in [2.05, 4.69) is 48.5 Å². The third-order valence-corrected chi connectivity index (χ3v) is 4.06. The van der Waals surface area contributed by atoms with E-state index < -0.39 is 0 Å². The predicted molar refractivity (Wildman–Crippen MR) is 83.4 cm³/mol. The minimum Gasteiger partial charge on any atom is -0.324 e. The Hall–Kier alpha value is -1.31. The standard InChI is InChI=1S/C17H19N.ClH/c18-17(15-7-4-8-15)16-11-9-14(10-12-16)13-5-2-1-3-6-13;/h1-3,5-6,9-12,15,17H,4,7-8,18H2;1H/t17-;/m0./s1. The number of rotatable bonds is 3. The van der Waals surface area contributed by atoms with Crippen LogP contribution in [0.15, 0.2) is 54.6 Å². The molecule has 0 aromatic heterocycles. The van der Waals surface area contributed by atoms with Gasteiger partial charge in [-0.05, 0) is 35.4 Å². The molecule has 2 N–H and O–H groups in total. The summed E-state index contributed by atoms with van der Waals surface area (Å²) in [6.45, 7) is 0. The van der Waals surface area contributed by atoms with Crippen molar-refractivity contribution in [2.45, 2.75) is 25.3 Å². The fourth-order valence-corrected chi connectivity index (χ4v) is 2.60. The molecule has 1 nitrogen and oxygen atoms in total. The van der Waals surface area contributed by atoms with Crippen molar-refractivity contribution in [3.8, 4) is 11.1 Å². The van der Waals surface area contributed by atoms with Crippen molar-refractivity contribution in [3.63, 3.8) is 0 Å². The van der Waals surface area contributed by atoms with Crippen LogP contribution < -0.4 is 5.73 Å². The number of halogens is 1. The smallest absolute Gasteiger partial charge is 0.0323 e. The average Bonchev–Trinajstić information content (AvgIpc) is 2.38. The van der Waals surface area contributed by atoms with Crippen LogP contribution in [0, 0.1) is 5.92 Å². The Morgan fingerprint density at radius 2 is 1.42 bits per heavy atom. The van der Waals surface area contributed by atoms with E-state index in [1.807, 2.05) is 6.07 Å². The lowest BCUT2D eigenvalue weighted by Crippen LogP contribution is -2.26. The molecule has 1 atom stereocenters. The molecule has 19 heavy (non-hydrogen) atoms. The van der Waals surface area contributed by atoms with Crippen LogP contribution in [-0.2, 0) is 0 Å². The normalized spacial score (nSPS) is 16.3. The Morgan fingerprint density at radius 3 is 1.95 bits per heavy atom. The third kappa shape index (κ3) is 2.99. The Balaban J connectivity index is 0.00000133. The van der Waals surface area contributed by atoms with Crippen LogP contribution in [-0.4, -0.2) is 0 Å². The van der Waals surface area contributed by atoms with Gasteiger partial charge in [-0.2, -0.15) is 0 Å². The highest BCUT2D eigenvalue weighted by Crippen LogP contribution is 2.36. The highest BCUT2D eigenvalue weighted by atomic mass is 35.5. The monoisotopic (exact) mass is 273 g/mol. The van der Waals surface area contributed by atoms with Crippen molar-refractivity contribution in [1.82, 2.24) is 0 Å². The van der Waals surface area contributed by atoms with Crippen LogP contribution in [0.5, 0.6) is 0 Å². The second kappa shape index (κ2) is 6.23. The second-order valence-corrected chi connectivity index (χ2v) is 5.20. The highest BCUT2D eigenvalue weighted by Gasteiger charge is 2.25. The van der Waals surface area contributed by atoms with Gasteiger partial charge in [0, 0.05) is 6.04 Å². The first-order chi connectivity index (χ1) is 8.84. The molecule has 2 heteroatoms. The van der Waals surface area contributed by atoms with Gasteiger partial charge in [-0.15, -0.1) is 12.4 Å². The molecular weight excluding hydrogens is 254 g/mol. The minimum absolute atomic E-state index is 0. The predicted octanol–water partition coefficient (Wildman–Crippen LogP) is 4.58. The zero-order valence-corrected chi connectivity index (χ0v) is 11.8. The van der Waals surface area contributed by atoms with Gasteiger partial charge < -0.3 is 5.73 Å². The van der Waals surface area contributed by atoms with Crippen LogP contribution in [0.4, 0.5) is 0 Å². The Bertz CT molecular complexity index is 503. The quantitative estimate of drug-likeness (QED) is 0.871. The molecular formula is C17H20ClN. The maximum Gasteiger partial charge on any atom is 0.0323 e. The van der Waals surface area contributed by atoms with Crippen molar-refractivity contribution in [1.29, 1.82) is 0 Å². The first-order valence-electron chi connectivity index (χ1n) is 6.75. The van der Waals surface area contributed by atoms with E-state index in [1.165, 1.54) is 36.0 Å². The molecule has 1 aliphatic rings. The molecule has 3 rings (SSSR count). The summed E-state index contributed by atoms with van der Waals surface area (Å²) < 4.78 is 0. The second-order valence-electron chi connectivity index (χ2n) is 5.20. The molecule has 0 spiro atoms. The maximum atomic E-state index is 6.29. The molecule has 0 radical (unpaired) electrons. The van der Waals surface area contributed by atoms with Gasteiger partial charge in [-0.25, -0.2) is 0 Å². The van der Waals surface area contributed by atoms with E-state index in [-0.39, 0.29) is 18.4 Å². The molecule has 0 aliphatic heterocycles. The summed E-state index contributed by atoms with van der Waals surface area (Å²) in [7, 11) is 0. The lowest BCUT2D eigenvalue weighted by atomic mass is 9.77. The van der Waals surface area contributed by atoms with Crippen molar-refractivity contribution >= 4 is 12.4 Å². The lowest BCUT2D eigenvalue weighted by molar-refractivity contribution is 0.264. The summed E-state index contributed by atoms with van der Waals surface area (Å²) in [6.07, 6.45) is 3.93. The molecule has 1 aliphatic carbocycles. The summed E-state index contributed by atoms with van der Waals surface area (Å²) >= 11 is 0. The van der Waals surface area contributed by atoms with Crippen LogP contribution in [0.25, 0.3) is 11.1 Å². The van der Waals surface area contributed by atoms with Crippen LogP contribution in [0.3, 0.4) is 0 Å². The fraction of sp³-hybridized carbons (Fsp3) is 0.294. The minimum atomic E-state index is 0. The van der Waals surface area contributed by atoms with Crippen molar-refractivity contribution in [2.24, 2.45) is 11.7 Å². The molecule has 0 saturated heterocycles. The van der Waals surface area contributed by atoms with E-state index in [9.17, 15) is 0 Å². The Kier molecular flexibility index (Phi) is 4.62. The van der Waals surface area contributed by atoms with E-state index >= 15 is 0 Å². The zero-order valence-electron chi connectivity index (χ0n) is 11.0. The van der Waals surface area contributed by atoms with Crippen molar-refractivity contribution in [2.75, 3.05) is 0 Å². The van der Waals surface area contributed by atoms with Crippen molar-refractivity contribution in [3.05, 3.63) is 60.2 Å². The van der Waals surface area contributed by atoms with Gasteiger partial charge in [-0.3, -0.25) is 0 Å². The number of hydrogen-bond acceptors (Lipinski definition) is 1. The molecule has 0 amide bonds. The van der Waals surface area contributed by atoms with E-state index in [0.29, 0.717) is 5.92 Å². The molecule has 1 fully saturated rings. The topological polar surface area (TPSA) is 26.0 Å². The summed E-state index contributed by atoms with van der Waals surface area (Å²) in [5.74, 6) is 0.701. The Morgan fingerprint density at radius 1 is 0.842 bits per heavy atom. The maximum absolute atomic E-state index is 6.29. The zero-order chi connectivity index (χ0) is 12.4. The van der Waals surface area contributed by atoms with Gasteiger partial charge in [0.1, 0.15) is 0 Å². The number of nitrogens with two attached hydrogens (primary N) is 1. The molecule has 0 unspecified atom stereocenters. The van der Waals surface area contributed by atoms with E-state index in [0.717, 1.165) is 0 Å². The first kappa shape index (κ1) is 14.1. The highest BCUT2D eigenvalue weighted by molar-refractivity contribution is 5.85. The molecule has 100 valence electrons.